The van der Waals surface area contributed by atoms with Crippen LogP contribution >= 0.6 is 0 Å². The van der Waals surface area contributed by atoms with E-state index >= 15 is 0 Å². The summed E-state index contributed by atoms with van der Waals surface area (Å²) in [6.45, 7) is 2.14. The molecule has 0 spiro atoms. The van der Waals surface area contributed by atoms with Gasteiger partial charge in [-0.3, -0.25) is 10.00 Å². The zero-order valence-corrected chi connectivity index (χ0v) is 10.6. The Morgan fingerprint density at radius 3 is 2.58 bits per heavy atom. The van der Waals surface area contributed by atoms with Crippen LogP contribution in [0.4, 0.5) is 0 Å². The van der Waals surface area contributed by atoms with Crippen LogP contribution in [0.3, 0.4) is 0 Å². The maximum absolute atomic E-state index is 8.67. The lowest BCUT2D eigenvalue weighted by Crippen LogP contribution is -2.25. The zero-order valence-electron chi connectivity index (χ0n) is 10.6. The van der Waals surface area contributed by atoms with Gasteiger partial charge in [0, 0.05) is 37.9 Å². The van der Waals surface area contributed by atoms with Gasteiger partial charge in [0.25, 0.3) is 0 Å². The fourth-order valence-electron chi connectivity index (χ4n) is 2.03. The maximum Gasteiger partial charge on any atom is 0.0653 e. The normalized spacial score (nSPS) is 10.5. The second-order valence-corrected chi connectivity index (χ2v) is 4.38. The molecule has 0 amide bonds. The molecule has 0 saturated heterocycles. The minimum Gasteiger partial charge on any atom is -0.297 e. The molecule has 0 aliphatic heterocycles. The van der Waals surface area contributed by atoms with Gasteiger partial charge in [-0.1, -0.05) is 12.1 Å². The Balaban J connectivity index is 2.06. The van der Waals surface area contributed by atoms with Crippen LogP contribution in [0.2, 0.25) is 0 Å². The van der Waals surface area contributed by atoms with E-state index in [4.69, 9.17) is 10.5 Å². The number of rotatable bonds is 6. The fraction of sp³-hybridized carbons (Fsp3) is 0.357. The molecule has 0 bridgehead atoms. The molecule has 2 rings (SSSR count). The van der Waals surface area contributed by atoms with Crippen molar-refractivity contribution in [1.29, 1.82) is 10.5 Å². The second-order valence-electron chi connectivity index (χ2n) is 4.38. The average molecular weight is 253 g/mol. The Hall–Kier alpha value is -2.37. The summed E-state index contributed by atoms with van der Waals surface area (Å²) in [6, 6.07) is 10.4. The van der Waals surface area contributed by atoms with Crippen LogP contribution in [0.5, 0.6) is 0 Å². The summed E-state index contributed by atoms with van der Waals surface area (Å²) >= 11 is 0. The van der Waals surface area contributed by atoms with Gasteiger partial charge < -0.3 is 0 Å². The molecular weight excluding hydrogens is 238 g/mol. The highest BCUT2D eigenvalue weighted by Crippen LogP contribution is 2.14. The van der Waals surface area contributed by atoms with Crippen molar-refractivity contribution in [2.45, 2.75) is 19.4 Å². The van der Waals surface area contributed by atoms with Crippen LogP contribution in [-0.2, 0) is 6.54 Å². The molecule has 1 heterocycles. The van der Waals surface area contributed by atoms with Crippen molar-refractivity contribution in [3.8, 4) is 12.1 Å². The first-order chi connectivity index (χ1) is 9.33. The summed E-state index contributed by atoms with van der Waals surface area (Å²) in [5.74, 6) is 0. The highest BCUT2D eigenvalue weighted by atomic mass is 15.1. The third-order valence-corrected chi connectivity index (χ3v) is 2.99. The standard InChI is InChI=1S/C14H15N5/c15-5-1-7-19(8-2-6-16)11-12-3-4-13-10-17-18-14(13)9-12/h3-4,9-10H,1-2,7-8,11H2,(H,17,18). The molecule has 2 aromatic rings. The Kier molecular flexibility index (Phi) is 4.49. The monoisotopic (exact) mass is 253 g/mol. The Morgan fingerprint density at radius 1 is 1.16 bits per heavy atom. The van der Waals surface area contributed by atoms with E-state index in [1.807, 2.05) is 6.07 Å². The quantitative estimate of drug-likeness (QED) is 0.855. The minimum atomic E-state index is 0.484. The molecule has 5 heteroatoms. The third kappa shape index (κ3) is 3.54. The molecule has 0 saturated carbocycles. The number of nitrogens with one attached hydrogen (secondary N) is 1. The van der Waals surface area contributed by atoms with Crippen molar-refractivity contribution in [2.75, 3.05) is 13.1 Å². The molecular formula is C14H15N5. The zero-order chi connectivity index (χ0) is 13.5. The summed E-state index contributed by atoms with van der Waals surface area (Å²) in [5, 5.41) is 25.4. The highest BCUT2D eigenvalue weighted by Gasteiger charge is 2.06. The van der Waals surface area contributed by atoms with Crippen LogP contribution in [0, 0.1) is 22.7 Å². The lowest BCUT2D eigenvalue weighted by Gasteiger charge is -2.19. The first-order valence-corrected chi connectivity index (χ1v) is 6.22. The number of nitriles is 2. The number of H-pyrrole nitrogens is 1. The van der Waals surface area contributed by atoms with Gasteiger partial charge in [0.1, 0.15) is 0 Å². The number of hydrogen-bond acceptors (Lipinski definition) is 4. The second kappa shape index (κ2) is 6.53. The number of nitrogens with zero attached hydrogens (tertiary/aromatic N) is 4. The van der Waals surface area contributed by atoms with Gasteiger partial charge >= 0.3 is 0 Å². The molecule has 96 valence electrons. The van der Waals surface area contributed by atoms with E-state index in [1.165, 1.54) is 0 Å². The Labute approximate surface area is 112 Å². The van der Waals surface area contributed by atoms with Crippen molar-refractivity contribution in [3.05, 3.63) is 30.0 Å². The molecule has 0 aliphatic rings. The molecule has 1 aromatic heterocycles. The van der Waals surface area contributed by atoms with Gasteiger partial charge in [-0.2, -0.15) is 15.6 Å². The van der Waals surface area contributed by atoms with Crippen molar-refractivity contribution >= 4 is 10.9 Å². The van der Waals surface area contributed by atoms with Crippen molar-refractivity contribution < 1.29 is 0 Å². The van der Waals surface area contributed by atoms with Crippen LogP contribution in [-0.4, -0.2) is 28.2 Å². The molecule has 0 unspecified atom stereocenters. The Bertz CT molecular complexity index is 599. The molecule has 0 atom stereocenters. The van der Waals surface area contributed by atoms with Crippen molar-refractivity contribution in [2.24, 2.45) is 0 Å². The molecule has 1 aromatic carbocycles. The van der Waals surface area contributed by atoms with E-state index in [2.05, 4.69) is 39.4 Å². The van der Waals surface area contributed by atoms with E-state index < -0.39 is 0 Å². The van der Waals surface area contributed by atoms with Crippen molar-refractivity contribution in [3.63, 3.8) is 0 Å². The van der Waals surface area contributed by atoms with Crippen LogP contribution in [0.15, 0.2) is 24.4 Å². The van der Waals surface area contributed by atoms with Gasteiger partial charge in [0.15, 0.2) is 0 Å². The predicted octanol–water partition coefficient (Wildman–Crippen LogP) is 2.19. The molecule has 0 fully saturated rings. The van der Waals surface area contributed by atoms with Crippen LogP contribution in [0.25, 0.3) is 10.9 Å². The molecule has 5 nitrogen and oxygen atoms in total. The first-order valence-electron chi connectivity index (χ1n) is 6.22. The number of fused-ring (bicyclic) bond motifs is 1. The van der Waals surface area contributed by atoms with E-state index in [-0.39, 0.29) is 0 Å². The number of hydrogen-bond donors (Lipinski definition) is 1. The SMILES string of the molecule is N#CCCN(CCC#N)Cc1ccc2cn[nH]c2c1. The van der Waals surface area contributed by atoms with E-state index in [1.54, 1.807) is 6.20 Å². The topological polar surface area (TPSA) is 79.5 Å². The third-order valence-electron chi connectivity index (χ3n) is 2.99. The number of aromatic amines is 1. The van der Waals surface area contributed by atoms with Gasteiger partial charge in [0.2, 0.25) is 0 Å². The average Bonchev–Trinajstić information content (AvgIpc) is 2.89. The number of aromatic nitrogens is 2. The lowest BCUT2D eigenvalue weighted by molar-refractivity contribution is 0.278. The summed E-state index contributed by atoms with van der Waals surface area (Å²) in [7, 11) is 0. The van der Waals surface area contributed by atoms with Gasteiger partial charge in [-0.05, 0) is 11.6 Å². The minimum absolute atomic E-state index is 0.484. The highest BCUT2D eigenvalue weighted by molar-refractivity contribution is 5.78. The number of benzene rings is 1. The summed E-state index contributed by atoms with van der Waals surface area (Å²) < 4.78 is 0. The predicted molar refractivity (Wildman–Crippen MR) is 71.8 cm³/mol. The van der Waals surface area contributed by atoms with E-state index in [0.717, 1.165) is 23.0 Å². The molecule has 0 radical (unpaired) electrons. The molecule has 19 heavy (non-hydrogen) atoms. The fourth-order valence-corrected chi connectivity index (χ4v) is 2.03. The van der Waals surface area contributed by atoms with Gasteiger partial charge in [-0.25, -0.2) is 0 Å². The Morgan fingerprint density at radius 2 is 1.89 bits per heavy atom. The van der Waals surface area contributed by atoms with Gasteiger partial charge in [0.05, 0.1) is 23.9 Å². The largest absolute Gasteiger partial charge is 0.297 e. The summed E-state index contributed by atoms with van der Waals surface area (Å²) in [5.41, 5.74) is 2.17. The summed E-state index contributed by atoms with van der Waals surface area (Å²) in [6.07, 6.45) is 2.76. The lowest BCUT2D eigenvalue weighted by atomic mass is 10.1. The van der Waals surface area contributed by atoms with E-state index in [9.17, 15) is 0 Å². The van der Waals surface area contributed by atoms with E-state index in [0.29, 0.717) is 25.9 Å². The van der Waals surface area contributed by atoms with Crippen LogP contribution in [0.1, 0.15) is 18.4 Å². The van der Waals surface area contributed by atoms with Crippen molar-refractivity contribution in [1.82, 2.24) is 15.1 Å². The first kappa shape index (κ1) is 13.1. The molecule has 0 aliphatic carbocycles. The smallest absolute Gasteiger partial charge is 0.0653 e. The molecule has 1 N–H and O–H groups in total. The summed E-state index contributed by atoms with van der Waals surface area (Å²) in [4.78, 5) is 2.13. The van der Waals surface area contributed by atoms with Crippen LogP contribution < -0.4 is 0 Å². The maximum atomic E-state index is 8.67. The van der Waals surface area contributed by atoms with Gasteiger partial charge in [-0.15, -0.1) is 0 Å².